The lowest BCUT2D eigenvalue weighted by Gasteiger charge is -2.03. The van der Waals surface area contributed by atoms with E-state index in [4.69, 9.17) is 5.11 Å². The summed E-state index contributed by atoms with van der Waals surface area (Å²) >= 11 is 1.33. The summed E-state index contributed by atoms with van der Waals surface area (Å²) in [6.45, 7) is 1.89. The smallest absolute Gasteiger partial charge is 0.335 e. The average Bonchev–Trinajstić information content (AvgIpc) is 2.37. The highest BCUT2D eigenvalue weighted by molar-refractivity contribution is 7.98. The molecule has 0 aliphatic carbocycles. The molecule has 6 heteroatoms. The Morgan fingerprint density at radius 2 is 2.00 bits per heavy atom. The Morgan fingerprint density at radius 1 is 1.32 bits per heavy atom. The van der Waals surface area contributed by atoms with Crippen LogP contribution in [-0.4, -0.2) is 21.0 Å². The van der Waals surface area contributed by atoms with Crippen molar-refractivity contribution in [3.63, 3.8) is 0 Å². The molecule has 0 amide bonds. The molecule has 0 saturated carbocycles. The van der Waals surface area contributed by atoms with Gasteiger partial charge >= 0.3 is 5.97 Å². The molecule has 0 radical (unpaired) electrons. The predicted octanol–water partition coefficient (Wildman–Crippen LogP) is 2.91. The van der Waals surface area contributed by atoms with Gasteiger partial charge in [0.05, 0.1) is 5.56 Å². The molecular weight excluding hydrogens is 267 g/mol. The number of carboxylic acid groups (broad SMARTS) is 1. The molecule has 4 nitrogen and oxygen atoms in total. The number of hydrogen-bond acceptors (Lipinski definition) is 4. The van der Waals surface area contributed by atoms with Gasteiger partial charge in [0, 0.05) is 18.1 Å². The Bertz CT molecular complexity index is 602. The van der Waals surface area contributed by atoms with E-state index in [0.29, 0.717) is 16.5 Å². The zero-order chi connectivity index (χ0) is 13.8. The van der Waals surface area contributed by atoms with Gasteiger partial charge in [-0.25, -0.2) is 19.2 Å². The molecular formula is C13H11FN2O2S. The number of aryl methyl sites for hydroxylation is 1. The van der Waals surface area contributed by atoms with Crippen molar-refractivity contribution in [2.45, 2.75) is 17.8 Å². The fourth-order valence-electron chi connectivity index (χ4n) is 1.46. The Balaban J connectivity index is 2.11. The van der Waals surface area contributed by atoms with Gasteiger partial charge in [0.2, 0.25) is 0 Å². The van der Waals surface area contributed by atoms with Crippen LogP contribution in [0, 0.1) is 12.7 Å². The Morgan fingerprint density at radius 3 is 2.63 bits per heavy atom. The first kappa shape index (κ1) is 13.5. The van der Waals surface area contributed by atoms with Gasteiger partial charge < -0.3 is 5.11 Å². The van der Waals surface area contributed by atoms with Gasteiger partial charge in [0.1, 0.15) is 5.82 Å². The van der Waals surface area contributed by atoms with Gasteiger partial charge in [-0.1, -0.05) is 11.8 Å². The summed E-state index contributed by atoms with van der Waals surface area (Å²) in [6.07, 6.45) is 3.40. The van der Waals surface area contributed by atoms with E-state index in [1.807, 2.05) is 6.92 Å². The standard InChI is InChI=1S/C13H11FN2O2S/c1-8-5-15-13(16-6-8)19-7-9-2-10(12(17)18)4-11(14)3-9/h2-6H,7H2,1H3,(H,17,18). The van der Waals surface area contributed by atoms with Gasteiger partial charge in [0.25, 0.3) is 0 Å². The van der Waals surface area contributed by atoms with Crippen LogP contribution in [0.5, 0.6) is 0 Å². The van der Waals surface area contributed by atoms with Crippen molar-refractivity contribution in [3.05, 3.63) is 53.1 Å². The predicted molar refractivity (Wildman–Crippen MR) is 69.7 cm³/mol. The molecule has 2 rings (SSSR count). The second kappa shape index (κ2) is 5.79. The molecule has 0 bridgehead atoms. The van der Waals surface area contributed by atoms with E-state index in [9.17, 15) is 9.18 Å². The molecule has 1 aromatic carbocycles. The number of hydrogen-bond donors (Lipinski definition) is 1. The number of nitrogens with zero attached hydrogens (tertiary/aromatic N) is 2. The number of carboxylic acids is 1. The lowest BCUT2D eigenvalue weighted by molar-refractivity contribution is 0.0696. The Hall–Kier alpha value is -1.95. The fraction of sp³-hybridized carbons (Fsp3) is 0.154. The molecule has 0 saturated heterocycles. The highest BCUT2D eigenvalue weighted by atomic mass is 32.2. The van der Waals surface area contributed by atoms with E-state index in [1.165, 1.54) is 23.9 Å². The van der Waals surface area contributed by atoms with Crippen molar-refractivity contribution in [3.8, 4) is 0 Å². The molecule has 0 unspecified atom stereocenters. The molecule has 0 spiro atoms. The van der Waals surface area contributed by atoms with Crippen molar-refractivity contribution in [1.82, 2.24) is 9.97 Å². The Kier molecular flexibility index (Phi) is 4.11. The molecule has 98 valence electrons. The van der Waals surface area contributed by atoms with Crippen LogP contribution < -0.4 is 0 Å². The third-order valence-electron chi connectivity index (χ3n) is 2.33. The minimum absolute atomic E-state index is 0.0552. The van der Waals surface area contributed by atoms with E-state index < -0.39 is 11.8 Å². The summed E-state index contributed by atoms with van der Waals surface area (Å²) in [4.78, 5) is 19.0. The number of benzene rings is 1. The first-order valence-corrected chi connectivity index (χ1v) is 6.47. The minimum atomic E-state index is -1.14. The van der Waals surface area contributed by atoms with E-state index in [0.717, 1.165) is 11.6 Å². The third kappa shape index (κ3) is 3.75. The van der Waals surface area contributed by atoms with E-state index in [1.54, 1.807) is 12.4 Å². The summed E-state index contributed by atoms with van der Waals surface area (Å²) in [5, 5.41) is 9.43. The van der Waals surface area contributed by atoms with E-state index in [-0.39, 0.29) is 5.56 Å². The number of aromatic nitrogens is 2. The maximum absolute atomic E-state index is 13.3. The van der Waals surface area contributed by atoms with Crippen LogP contribution in [0.25, 0.3) is 0 Å². The molecule has 0 aliphatic heterocycles. The zero-order valence-electron chi connectivity index (χ0n) is 10.1. The molecule has 19 heavy (non-hydrogen) atoms. The largest absolute Gasteiger partial charge is 0.478 e. The van der Waals surface area contributed by atoms with Gasteiger partial charge in [-0.15, -0.1) is 0 Å². The van der Waals surface area contributed by atoms with Crippen LogP contribution in [0.2, 0.25) is 0 Å². The fourth-order valence-corrected chi connectivity index (χ4v) is 2.18. The normalized spacial score (nSPS) is 10.4. The van der Waals surface area contributed by atoms with Crippen molar-refractivity contribution in [2.75, 3.05) is 0 Å². The number of carbonyl (C=O) groups is 1. The van der Waals surface area contributed by atoms with Crippen molar-refractivity contribution in [2.24, 2.45) is 0 Å². The molecule has 0 aliphatic rings. The summed E-state index contributed by atoms with van der Waals surface area (Å²) in [5.41, 5.74) is 1.50. The zero-order valence-corrected chi connectivity index (χ0v) is 10.9. The van der Waals surface area contributed by atoms with Crippen molar-refractivity contribution < 1.29 is 14.3 Å². The third-order valence-corrected chi connectivity index (χ3v) is 3.28. The lowest BCUT2D eigenvalue weighted by atomic mass is 10.1. The second-order valence-electron chi connectivity index (χ2n) is 3.98. The second-order valence-corrected chi connectivity index (χ2v) is 4.93. The van der Waals surface area contributed by atoms with Crippen molar-refractivity contribution in [1.29, 1.82) is 0 Å². The first-order chi connectivity index (χ1) is 9.04. The van der Waals surface area contributed by atoms with Gasteiger partial charge in [-0.3, -0.25) is 0 Å². The number of halogens is 1. The molecule has 1 heterocycles. The summed E-state index contributed by atoms with van der Waals surface area (Å²) in [6, 6.07) is 3.76. The van der Waals surface area contributed by atoms with Crippen LogP contribution >= 0.6 is 11.8 Å². The molecule has 1 N–H and O–H groups in total. The Labute approximate surface area is 113 Å². The minimum Gasteiger partial charge on any atom is -0.478 e. The topological polar surface area (TPSA) is 63.1 Å². The van der Waals surface area contributed by atoms with Gasteiger partial charge in [0.15, 0.2) is 5.16 Å². The molecule has 1 aromatic heterocycles. The molecule has 2 aromatic rings. The number of aromatic carboxylic acids is 1. The maximum Gasteiger partial charge on any atom is 0.335 e. The van der Waals surface area contributed by atoms with Crippen LogP contribution in [0.1, 0.15) is 21.5 Å². The van der Waals surface area contributed by atoms with Gasteiger partial charge in [-0.05, 0) is 36.2 Å². The molecule has 0 atom stereocenters. The summed E-state index contributed by atoms with van der Waals surface area (Å²) in [7, 11) is 0. The lowest BCUT2D eigenvalue weighted by Crippen LogP contribution is -1.99. The number of thioether (sulfide) groups is 1. The SMILES string of the molecule is Cc1cnc(SCc2cc(F)cc(C(=O)O)c2)nc1. The summed E-state index contributed by atoms with van der Waals surface area (Å²) < 4.78 is 13.3. The van der Waals surface area contributed by atoms with Crippen molar-refractivity contribution >= 4 is 17.7 Å². The average molecular weight is 278 g/mol. The maximum atomic E-state index is 13.3. The van der Waals surface area contributed by atoms with Crippen LogP contribution in [0.15, 0.2) is 35.7 Å². The van der Waals surface area contributed by atoms with Crippen LogP contribution in [0.4, 0.5) is 4.39 Å². The highest BCUT2D eigenvalue weighted by Gasteiger charge is 2.08. The van der Waals surface area contributed by atoms with E-state index in [2.05, 4.69) is 9.97 Å². The monoisotopic (exact) mass is 278 g/mol. The highest BCUT2D eigenvalue weighted by Crippen LogP contribution is 2.20. The quantitative estimate of drug-likeness (QED) is 0.688. The summed E-state index contributed by atoms with van der Waals surface area (Å²) in [5.74, 6) is -1.28. The van der Waals surface area contributed by atoms with Crippen LogP contribution in [-0.2, 0) is 5.75 Å². The first-order valence-electron chi connectivity index (χ1n) is 5.49. The number of rotatable bonds is 4. The molecule has 0 fully saturated rings. The van der Waals surface area contributed by atoms with Crippen LogP contribution in [0.3, 0.4) is 0 Å². The van der Waals surface area contributed by atoms with E-state index >= 15 is 0 Å². The van der Waals surface area contributed by atoms with Gasteiger partial charge in [-0.2, -0.15) is 0 Å².